The van der Waals surface area contributed by atoms with Gasteiger partial charge in [0.1, 0.15) is 5.69 Å². The third kappa shape index (κ3) is 3.53. The van der Waals surface area contributed by atoms with Crippen LogP contribution >= 0.6 is 0 Å². The number of hydrogen-bond acceptors (Lipinski definition) is 3. The fourth-order valence-corrected chi connectivity index (χ4v) is 2.93. The Kier molecular flexibility index (Phi) is 4.53. The second-order valence-electron chi connectivity index (χ2n) is 5.48. The molecule has 1 aliphatic carbocycles. The minimum atomic E-state index is -0.970. The Balaban J connectivity index is 1.88. The molecule has 2 rings (SSSR count). The zero-order chi connectivity index (χ0) is 13.7. The first-order chi connectivity index (χ1) is 9.15. The summed E-state index contributed by atoms with van der Waals surface area (Å²) in [4.78, 5) is 15.0. The van der Waals surface area contributed by atoms with E-state index < -0.39 is 5.97 Å². The highest BCUT2D eigenvalue weighted by molar-refractivity contribution is 5.85. The lowest BCUT2D eigenvalue weighted by molar-refractivity contribution is 0.0690. The summed E-state index contributed by atoms with van der Waals surface area (Å²) in [6.45, 7) is 3.90. The highest BCUT2D eigenvalue weighted by atomic mass is 16.4. The van der Waals surface area contributed by atoms with Gasteiger partial charge in [-0.05, 0) is 36.8 Å². The van der Waals surface area contributed by atoms with E-state index in [9.17, 15) is 4.79 Å². The van der Waals surface area contributed by atoms with Gasteiger partial charge in [-0.3, -0.25) is 0 Å². The van der Waals surface area contributed by atoms with Gasteiger partial charge >= 0.3 is 5.97 Å². The quantitative estimate of drug-likeness (QED) is 0.827. The number of pyridine rings is 1. The maximum Gasteiger partial charge on any atom is 0.354 e. The maximum absolute atomic E-state index is 10.9. The fraction of sp³-hybridized carbons (Fsp3) is 0.600. The van der Waals surface area contributed by atoms with Crippen LogP contribution in [0, 0.1) is 5.41 Å². The summed E-state index contributed by atoms with van der Waals surface area (Å²) >= 11 is 0. The van der Waals surface area contributed by atoms with E-state index in [1.807, 2.05) is 6.07 Å². The number of hydrogen-bond donors (Lipinski definition) is 2. The van der Waals surface area contributed by atoms with E-state index in [0.717, 1.165) is 12.2 Å². The molecule has 1 aromatic rings. The van der Waals surface area contributed by atoms with E-state index in [0.29, 0.717) is 12.0 Å². The van der Waals surface area contributed by atoms with Gasteiger partial charge in [0.15, 0.2) is 0 Å². The number of carboxylic acids is 1. The summed E-state index contributed by atoms with van der Waals surface area (Å²) in [5.41, 5.74) is 1.36. The van der Waals surface area contributed by atoms with Gasteiger partial charge in [0.25, 0.3) is 0 Å². The molecule has 2 N–H and O–H groups in total. The van der Waals surface area contributed by atoms with Crippen molar-refractivity contribution in [3.8, 4) is 0 Å². The predicted molar refractivity (Wildman–Crippen MR) is 74.1 cm³/mol. The molecule has 0 bridgehead atoms. The van der Waals surface area contributed by atoms with Crippen LogP contribution in [0.15, 0.2) is 18.2 Å². The first-order valence-electron chi connectivity index (χ1n) is 7.05. The largest absolute Gasteiger partial charge is 0.477 e. The van der Waals surface area contributed by atoms with Gasteiger partial charge in [-0.15, -0.1) is 0 Å². The van der Waals surface area contributed by atoms with Crippen molar-refractivity contribution in [2.45, 2.75) is 45.6 Å². The van der Waals surface area contributed by atoms with E-state index in [-0.39, 0.29) is 5.69 Å². The highest BCUT2D eigenvalue weighted by Crippen LogP contribution is 2.40. The molecule has 104 valence electrons. The zero-order valence-electron chi connectivity index (χ0n) is 11.5. The molecule has 0 atom stereocenters. The van der Waals surface area contributed by atoms with Crippen LogP contribution in [0.5, 0.6) is 0 Å². The summed E-state index contributed by atoms with van der Waals surface area (Å²) in [6.07, 6.45) is 6.49. The molecule has 4 nitrogen and oxygen atoms in total. The van der Waals surface area contributed by atoms with E-state index >= 15 is 0 Å². The lowest BCUT2D eigenvalue weighted by atomic mass is 9.83. The lowest BCUT2D eigenvalue weighted by Crippen LogP contribution is -2.31. The molecule has 0 aliphatic heterocycles. The summed E-state index contributed by atoms with van der Waals surface area (Å²) in [7, 11) is 0. The van der Waals surface area contributed by atoms with Crippen molar-refractivity contribution in [1.82, 2.24) is 10.3 Å². The number of aromatic carboxylic acids is 1. The van der Waals surface area contributed by atoms with E-state index in [2.05, 4.69) is 17.2 Å². The minimum absolute atomic E-state index is 0.116. The van der Waals surface area contributed by atoms with Crippen LogP contribution < -0.4 is 5.32 Å². The van der Waals surface area contributed by atoms with Crippen molar-refractivity contribution < 1.29 is 9.90 Å². The topological polar surface area (TPSA) is 62.2 Å². The van der Waals surface area contributed by atoms with Crippen molar-refractivity contribution >= 4 is 5.97 Å². The molecule has 0 spiro atoms. The van der Waals surface area contributed by atoms with Crippen LogP contribution in [0.3, 0.4) is 0 Å². The summed E-state index contributed by atoms with van der Waals surface area (Å²) < 4.78 is 0. The van der Waals surface area contributed by atoms with E-state index in [1.165, 1.54) is 38.2 Å². The first-order valence-corrected chi connectivity index (χ1v) is 7.05. The van der Waals surface area contributed by atoms with Gasteiger partial charge in [0.05, 0.1) is 5.69 Å². The van der Waals surface area contributed by atoms with Gasteiger partial charge in [0, 0.05) is 13.1 Å². The average Bonchev–Trinajstić information content (AvgIpc) is 2.88. The molecular weight excluding hydrogens is 240 g/mol. The number of rotatable bonds is 6. The Morgan fingerprint density at radius 3 is 2.79 bits per heavy atom. The van der Waals surface area contributed by atoms with Crippen LogP contribution in [0.4, 0.5) is 0 Å². The molecule has 1 aromatic heterocycles. The second kappa shape index (κ2) is 6.15. The molecule has 0 saturated heterocycles. The van der Waals surface area contributed by atoms with Crippen molar-refractivity contribution in [2.75, 3.05) is 6.54 Å². The number of aromatic nitrogens is 1. The molecule has 0 radical (unpaired) electrons. The van der Waals surface area contributed by atoms with Crippen molar-refractivity contribution in [3.05, 3.63) is 29.6 Å². The standard InChI is InChI=1S/C15H22N2O2/c1-2-15(8-3-4-9-15)11-16-10-12-6-5-7-13(17-12)14(18)19/h5-7,16H,2-4,8-11H2,1H3,(H,18,19). The van der Waals surface area contributed by atoms with Gasteiger partial charge in [0.2, 0.25) is 0 Å². The summed E-state index contributed by atoms with van der Waals surface area (Å²) in [5.74, 6) is -0.970. The average molecular weight is 262 g/mol. The van der Waals surface area contributed by atoms with Crippen LogP contribution in [0.2, 0.25) is 0 Å². The monoisotopic (exact) mass is 262 g/mol. The summed E-state index contributed by atoms with van der Waals surface area (Å²) in [5, 5.41) is 12.3. The van der Waals surface area contributed by atoms with E-state index in [1.54, 1.807) is 6.07 Å². The normalized spacial score (nSPS) is 17.5. The SMILES string of the molecule is CCC1(CNCc2cccc(C(=O)O)n2)CCCC1. The molecule has 1 heterocycles. The van der Waals surface area contributed by atoms with Gasteiger partial charge < -0.3 is 10.4 Å². The van der Waals surface area contributed by atoms with Gasteiger partial charge in [-0.25, -0.2) is 9.78 Å². The molecule has 0 unspecified atom stereocenters. The fourth-order valence-electron chi connectivity index (χ4n) is 2.93. The zero-order valence-corrected chi connectivity index (χ0v) is 11.5. The van der Waals surface area contributed by atoms with Crippen LogP contribution in [0.1, 0.15) is 55.2 Å². The van der Waals surface area contributed by atoms with Crippen LogP contribution in [-0.2, 0) is 6.54 Å². The smallest absolute Gasteiger partial charge is 0.354 e. The molecule has 4 heteroatoms. The van der Waals surface area contributed by atoms with Crippen molar-refractivity contribution in [3.63, 3.8) is 0 Å². The molecule has 1 saturated carbocycles. The molecule has 0 aromatic carbocycles. The molecule has 1 aliphatic rings. The van der Waals surface area contributed by atoms with Crippen molar-refractivity contribution in [1.29, 1.82) is 0 Å². The Bertz CT molecular complexity index is 440. The Morgan fingerprint density at radius 2 is 2.16 bits per heavy atom. The molecule has 0 amide bonds. The maximum atomic E-state index is 10.9. The third-order valence-corrected chi connectivity index (χ3v) is 4.25. The number of nitrogens with one attached hydrogen (secondary N) is 1. The predicted octanol–water partition coefficient (Wildman–Crippen LogP) is 2.84. The first kappa shape index (κ1) is 14.0. The number of carboxylic acid groups (broad SMARTS) is 1. The number of carbonyl (C=O) groups is 1. The van der Waals surface area contributed by atoms with Gasteiger partial charge in [-0.1, -0.05) is 25.8 Å². The molecule has 19 heavy (non-hydrogen) atoms. The minimum Gasteiger partial charge on any atom is -0.477 e. The Morgan fingerprint density at radius 1 is 1.42 bits per heavy atom. The highest BCUT2D eigenvalue weighted by Gasteiger charge is 2.31. The third-order valence-electron chi connectivity index (χ3n) is 4.25. The molecular formula is C15H22N2O2. The van der Waals surface area contributed by atoms with Crippen LogP contribution in [-0.4, -0.2) is 22.6 Å². The van der Waals surface area contributed by atoms with Gasteiger partial charge in [-0.2, -0.15) is 0 Å². The summed E-state index contributed by atoms with van der Waals surface area (Å²) in [6, 6.07) is 5.14. The van der Waals surface area contributed by atoms with E-state index in [4.69, 9.17) is 5.11 Å². The van der Waals surface area contributed by atoms with Crippen molar-refractivity contribution in [2.24, 2.45) is 5.41 Å². The Labute approximate surface area is 114 Å². The molecule has 1 fully saturated rings. The second-order valence-corrected chi connectivity index (χ2v) is 5.48. The van der Waals surface area contributed by atoms with Crippen LogP contribution in [0.25, 0.3) is 0 Å². The Hall–Kier alpha value is -1.42. The lowest BCUT2D eigenvalue weighted by Gasteiger charge is -2.27. The number of nitrogens with zero attached hydrogens (tertiary/aromatic N) is 1.